The highest BCUT2D eigenvalue weighted by Crippen LogP contribution is 2.25. The van der Waals surface area contributed by atoms with Crippen LogP contribution in [0.5, 0.6) is 5.75 Å². The predicted octanol–water partition coefficient (Wildman–Crippen LogP) is 3.27. The molecule has 2 nitrogen and oxygen atoms in total. The third kappa shape index (κ3) is 3.60. The normalized spacial score (nSPS) is 10.8. The van der Waals surface area contributed by atoms with Gasteiger partial charge < -0.3 is 5.11 Å². The fourth-order valence-electron chi connectivity index (χ4n) is 2.04. The van der Waals surface area contributed by atoms with Gasteiger partial charge in [0.25, 0.3) is 0 Å². The van der Waals surface area contributed by atoms with Crippen molar-refractivity contribution in [1.82, 2.24) is 4.90 Å². The van der Waals surface area contributed by atoms with Crippen molar-refractivity contribution < 1.29 is 5.11 Å². The van der Waals surface area contributed by atoms with E-state index in [1.165, 1.54) is 5.56 Å². The summed E-state index contributed by atoms with van der Waals surface area (Å²) in [5, 5.41) is 9.94. The first kappa shape index (κ1) is 13.8. The van der Waals surface area contributed by atoms with E-state index in [2.05, 4.69) is 37.5 Å². The van der Waals surface area contributed by atoms with Gasteiger partial charge in [0.05, 0.1) is 0 Å². The molecule has 0 aliphatic carbocycles. The Bertz CT molecular complexity index is 381. The van der Waals surface area contributed by atoms with Crippen LogP contribution in [-0.4, -0.2) is 23.1 Å². The van der Waals surface area contributed by atoms with Crippen LogP contribution < -0.4 is 0 Å². The zero-order valence-corrected chi connectivity index (χ0v) is 11.2. The molecule has 0 atom stereocenters. The minimum absolute atomic E-state index is 0.410. The summed E-state index contributed by atoms with van der Waals surface area (Å²) in [6.45, 7) is 13.1. The van der Waals surface area contributed by atoms with Crippen molar-refractivity contribution >= 4 is 0 Å². The Hall–Kier alpha value is -1.28. The molecular formula is C15H23NO. The van der Waals surface area contributed by atoms with E-state index in [0.29, 0.717) is 5.75 Å². The van der Waals surface area contributed by atoms with Gasteiger partial charge in [-0.2, -0.15) is 0 Å². The van der Waals surface area contributed by atoms with Crippen LogP contribution in [0.1, 0.15) is 30.5 Å². The highest BCUT2D eigenvalue weighted by molar-refractivity contribution is 5.43. The van der Waals surface area contributed by atoms with Gasteiger partial charge in [-0.05, 0) is 43.1 Å². The summed E-state index contributed by atoms with van der Waals surface area (Å²) in [6.07, 6.45) is 2.55. The van der Waals surface area contributed by atoms with Gasteiger partial charge >= 0.3 is 0 Å². The first-order valence-corrected chi connectivity index (χ1v) is 6.26. The molecule has 0 unspecified atom stereocenters. The number of hydrogen-bond donors (Lipinski definition) is 1. The summed E-state index contributed by atoms with van der Waals surface area (Å²) in [5.74, 6) is 0.410. The summed E-state index contributed by atoms with van der Waals surface area (Å²) >= 11 is 0. The Labute approximate surface area is 105 Å². The molecule has 0 radical (unpaired) electrons. The molecule has 94 valence electrons. The average molecular weight is 233 g/mol. The fourth-order valence-corrected chi connectivity index (χ4v) is 2.04. The topological polar surface area (TPSA) is 23.5 Å². The van der Waals surface area contributed by atoms with Crippen LogP contribution in [0.3, 0.4) is 0 Å². The van der Waals surface area contributed by atoms with Crippen molar-refractivity contribution in [2.45, 2.75) is 33.7 Å². The van der Waals surface area contributed by atoms with Crippen LogP contribution in [0.2, 0.25) is 0 Å². The lowest BCUT2D eigenvalue weighted by molar-refractivity contribution is 0.295. The smallest absolute Gasteiger partial charge is 0.122 e. The standard InChI is InChI=1S/C15H23NO/c1-5-8-14-10-13(9-12(4)15(14)17)11-16(6-2)7-3/h5,9-10,17H,1,6-8,11H2,2-4H3. The van der Waals surface area contributed by atoms with E-state index in [-0.39, 0.29) is 0 Å². The highest BCUT2D eigenvalue weighted by atomic mass is 16.3. The summed E-state index contributed by atoms with van der Waals surface area (Å²) in [4.78, 5) is 2.36. The molecule has 0 heterocycles. The van der Waals surface area contributed by atoms with Gasteiger partial charge in [-0.1, -0.05) is 32.1 Å². The van der Waals surface area contributed by atoms with Gasteiger partial charge in [0.15, 0.2) is 0 Å². The molecule has 1 N–H and O–H groups in total. The number of nitrogens with zero attached hydrogens (tertiary/aromatic N) is 1. The average Bonchev–Trinajstić information content (AvgIpc) is 2.32. The number of phenolic OH excluding ortho intramolecular Hbond substituents is 1. The van der Waals surface area contributed by atoms with E-state index in [9.17, 15) is 5.11 Å². The second-order valence-corrected chi connectivity index (χ2v) is 4.37. The predicted molar refractivity (Wildman–Crippen MR) is 73.4 cm³/mol. The minimum Gasteiger partial charge on any atom is -0.507 e. The molecule has 0 saturated carbocycles. The van der Waals surface area contributed by atoms with E-state index >= 15 is 0 Å². The number of benzene rings is 1. The van der Waals surface area contributed by atoms with Crippen LogP contribution in [0, 0.1) is 6.92 Å². The Kier molecular flexibility index (Phi) is 5.23. The van der Waals surface area contributed by atoms with E-state index in [4.69, 9.17) is 0 Å². The van der Waals surface area contributed by atoms with Crippen LogP contribution >= 0.6 is 0 Å². The maximum Gasteiger partial charge on any atom is 0.122 e. The summed E-state index contributed by atoms with van der Waals surface area (Å²) < 4.78 is 0. The third-order valence-corrected chi connectivity index (χ3v) is 3.10. The quantitative estimate of drug-likeness (QED) is 0.762. The van der Waals surface area contributed by atoms with Gasteiger partial charge in [-0.15, -0.1) is 6.58 Å². The van der Waals surface area contributed by atoms with Crippen molar-refractivity contribution in [2.24, 2.45) is 0 Å². The monoisotopic (exact) mass is 233 g/mol. The summed E-state index contributed by atoms with van der Waals surface area (Å²) in [6, 6.07) is 4.16. The Morgan fingerprint density at radius 1 is 1.29 bits per heavy atom. The van der Waals surface area contributed by atoms with Gasteiger partial charge in [-0.25, -0.2) is 0 Å². The van der Waals surface area contributed by atoms with Gasteiger partial charge in [0.1, 0.15) is 5.75 Å². The number of aryl methyl sites for hydroxylation is 1. The van der Waals surface area contributed by atoms with Gasteiger partial charge in [0, 0.05) is 6.54 Å². The first-order chi connectivity index (χ1) is 8.12. The van der Waals surface area contributed by atoms with Crippen LogP contribution in [0.4, 0.5) is 0 Å². The minimum atomic E-state index is 0.410. The van der Waals surface area contributed by atoms with E-state index in [1.807, 2.05) is 13.0 Å². The summed E-state index contributed by atoms with van der Waals surface area (Å²) in [7, 11) is 0. The molecule has 2 heteroatoms. The Morgan fingerprint density at radius 3 is 2.47 bits per heavy atom. The number of rotatable bonds is 6. The second-order valence-electron chi connectivity index (χ2n) is 4.37. The molecule has 0 bridgehead atoms. The summed E-state index contributed by atoms with van der Waals surface area (Å²) in [5.41, 5.74) is 3.19. The molecule has 0 fully saturated rings. The van der Waals surface area contributed by atoms with Crippen molar-refractivity contribution in [1.29, 1.82) is 0 Å². The van der Waals surface area contributed by atoms with E-state index in [1.54, 1.807) is 0 Å². The lowest BCUT2D eigenvalue weighted by Gasteiger charge is -2.19. The zero-order chi connectivity index (χ0) is 12.8. The van der Waals surface area contributed by atoms with Crippen LogP contribution in [0.15, 0.2) is 24.8 Å². The SMILES string of the molecule is C=CCc1cc(CN(CC)CC)cc(C)c1O. The number of aromatic hydroxyl groups is 1. The largest absolute Gasteiger partial charge is 0.507 e. The molecule has 0 saturated heterocycles. The molecule has 0 aromatic heterocycles. The maximum absolute atomic E-state index is 9.94. The highest BCUT2D eigenvalue weighted by Gasteiger charge is 2.08. The lowest BCUT2D eigenvalue weighted by atomic mass is 10.0. The first-order valence-electron chi connectivity index (χ1n) is 6.26. The van der Waals surface area contributed by atoms with Crippen molar-refractivity contribution in [3.05, 3.63) is 41.5 Å². The number of allylic oxidation sites excluding steroid dienone is 1. The molecule has 1 aromatic rings. The fraction of sp³-hybridized carbons (Fsp3) is 0.467. The van der Waals surface area contributed by atoms with Crippen LogP contribution in [0.25, 0.3) is 0 Å². The Balaban J connectivity index is 2.97. The zero-order valence-electron chi connectivity index (χ0n) is 11.2. The van der Waals surface area contributed by atoms with Crippen molar-refractivity contribution in [2.75, 3.05) is 13.1 Å². The maximum atomic E-state index is 9.94. The Morgan fingerprint density at radius 2 is 1.94 bits per heavy atom. The molecule has 17 heavy (non-hydrogen) atoms. The van der Waals surface area contributed by atoms with Gasteiger partial charge in [0.2, 0.25) is 0 Å². The van der Waals surface area contributed by atoms with Gasteiger partial charge in [-0.3, -0.25) is 4.90 Å². The van der Waals surface area contributed by atoms with E-state index < -0.39 is 0 Å². The molecule has 0 spiro atoms. The molecule has 1 rings (SSSR count). The number of hydrogen-bond acceptors (Lipinski definition) is 2. The molecule has 0 amide bonds. The third-order valence-electron chi connectivity index (χ3n) is 3.10. The van der Waals surface area contributed by atoms with Crippen LogP contribution in [-0.2, 0) is 13.0 Å². The molecule has 0 aliphatic rings. The second kappa shape index (κ2) is 6.45. The van der Waals surface area contributed by atoms with Crippen molar-refractivity contribution in [3.63, 3.8) is 0 Å². The van der Waals surface area contributed by atoms with Crippen molar-refractivity contribution in [3.8, 4) is 5.75 Å². The lowest BCUT2D eigenvalue weighted by Crippen LogP contribution is -2.22. The molecule has 1 aromatic carbocycles. The van der Waals surface area contributed by atoms with E-state index in [0.717, 1.165) is 37.2 Å². The molecule has 0 aliphatic heterocycles. The number of phenols is 1. The molecular weight excluding hydrogens is 210 g/mol.